The molecule has 0 unspecified atom stereocenters. The normalized spacial score (nSPS) is 9.36. The molecule has 0 aliphatic heterocycles. The second-order valence-electron chi connectivity index (χ2n) is 9.01. The van der Waals surface area contributed by atoms with Crippen LogP contribution in [0.15, 0.2) is 103 Å². The van der Waals surface area contributed by atoms with Gasteiger partial charge in [0.15, 0.2) is 0 Å². The summed E-state index contributed by atoms with van der Waals surface area (Å²) in [6.45, 7) is 2.23. The van der Waals surface area contributed by atoms with Crippen LogP contribution in [0.5, 0.6) is 0 Å². The first-order valence-corrected chi connectivity index (χ1v) is 14.4. The first kappa shape index (κ1) is 39.4. The molecule has 6 heteroatoms. The fraction of sp³-hybridized carbons (Fsp3) is 0.333. The predicted octanol–water partition coefficient (Wildman–Crippen LogP) is 2.39. The van der Waals surface area contributed by atoms with Gasteiger partial charge in [-0.25, -0.2) is 0 Å². The first-order chi connectivity index (χ1) is 17.7. The Morgan fingerprint density at radius 2 is 1.13 bits per heavy atom. The number of hydrogen-bond acceptors (Lipinski definition) is 1. The smallest absolute Gasteiger partial charge is 1.00 e. The van der Waals surface area contributed by atoms with Crippen LogP contribution in [0.3, 0.4) is 0 Å². The van der Waals surface area contributed by atoms with Crippen molar-refractivity contribution >= 4 is 36.6 Å². The molecule has 0 aliphatic carbocycles. The molecule has 0 fully saturated rings. The second kappa shape index (κ2) is 26.5. The van der Waals surface area contributed by atoms with Gasteiger partial charge >= 0.3 is 21.7 Å². The molecule has 2 radical (unpaired) electrons. The maximum absolute atomic E-state index is 10.3. The van der Waals surface area contributed by atoms with Gasteiger partial charge in [-0.15, -0.1) is 29.7 Å². The van der Waals surface area contributed by atoms with Crippen molar-refractivity contribution in [3.63, 3.8) is 0 Å². The van der Waals surface area contributed by atoms with Gasteiger partial charge in [-0.3, -0.25) is 0 Å². The quantitative estimate of drug-likeness (QED) is 0.137. The van der Waals surface area contributed by atoms with Gasteiger partial charge in [0.05, 0.1) is 0 Å². The van der Waals surface area contributed by atoms with E-state index in [2.05, 4.69) is 110 Å². The number of halogens is 2. The molecule has 4 aromatic rings. The van der Waals surface area contributed by atoms with Crippen LogP contribution in [0, 0.1) is 0 Å². The van der Waals surface area contributed by atoms with Gasteiger partial charge in [-0.1, -0.05) is 135 Å². The minimum absolute atomic E-state index is 0. The molecule has 0 heterocycles. The van der Waals surface area contributed by atoms with E-state index in [0.717, 1.165) is 22.4 Å². The Bertz CT molecular complexity index is 1010. The van der Waals surface area contributed by atoms with Crippen LogP contribution in [-0.2, 0) is 26.5 Å². The SMILES string of the molecule is CCCCCCCCCCCC([NH-])=O.[Cl-].[Cl-].[Ti+4].c1ccc([Si]c2ccccc2)cc1.c1ccc2[cH-]ccc2c1. The van der Waals surface area contributed by atoms with E-state index in [1.54, 1.807) is 0 Å². The summed E-state index contributed by atoms with van der Waals surface area (Å²) in [5.74, 6) is -0.409. The summed E-state index contributed by atoms with van der Waals surface area (Å²) in [6, 6.07) is 35.8. The van der Waals surface area contributed by atoms with E-state index >= 15 is 0 Å². The van der Waals surface area contributed by atoms with Crippen molar-refractivity contribution in [1.29, 1.82) is 0 Å². The Morgan fingerprint density at radius 3 is 1.62 bits per heavy atom. The number of hydrogen-bond donors (Lipinski definition) is 0. The van der Waals surface area contributed by atoms with Gasteiger partial charge in [-0.05, 0) is 12.8 Å². The van der Waals surface area contributed by atoms with E-state index in [9.17, 15) is 4.79 Å². The average molecular weight is 615 g/mol. The van der Waals surface area contributed by atoms with Crippen LogP contribution in [0.1, 0.15) is 71.1 Å². The molecule has 0 saturated carbocycles. The molecular formula is C33H41Cl2NOSiTi. The molecule has 0 saturated heterocycles. The number of benzene rings is 3. The standard InChI is InChI=1S/C12H25NO.C12H10Si.C9H7.2ClH.Ti/c1-2-3-4-5-6-7-8-9-10-11-12(13)14;1-3-7-11(8-4-1)13-12-9-5-2-6-10-12;1-2-5-9-7-3-6-8(9)4-1;;;/h2-11H2,1H3,(H2,13,14);1-10H;1-7H;2*1H;/q;;-1;;;+4/p-3. The molecule has 0 aromatic heterocycles. The van der Waals surface area contributed by atoms with Crippen LogP contribution in [0.2, 0.25) is 0 Å². The first-order valence-electron chi connectivity index (χ1n) is 13.4. The zero-order valence-corrected chi connectivity index (χ0v) is 27.1. The molecule has 0 aliphatic rings. The van der Waals surface area contributed by atoms with Gasteiger partial charge in [0.2, 0.25) is 0 Å². The van der Waals surface area contributed by atoms with Crippen LogP contribution in [-0.4, -0.2) is 15.4 Å². The molecule has 0 atom stereocenters. The Hall–Kier alpha value is -1.75. The number of fused-ring (bicyclic) bond motifs is 1. The van der Waals surface area contributed by atoms with Gasteiger partial charge in [0.25, 0.3) is 0 Å². The second-order valence-corrected chi connectivity index (χ2v) is 10.4. The van der Waals surface area contributed by atoms with Crippen molar-refractivity contribution in [3.05, 3.63) is 109 Å². The number of carbonyl (C=O) groups is 1. The summed E-state index contributed by atoms with van der Waals surface area (Å²) in [6.07, 6.45) is 11.8. The van der Waals surface area contributed by atoms with Crippen LogP contribution < -0.4 is 35.2 Å². The van der Waals surface area contributed by atoms with E-state index in [0.29, 0.717) is 6.42 Å². The fourth-order valence-electron chi connectivity index (χ4n) is 3.88. The van der Waals surface area contributed by atoms with Gasteiger partial charge < -0.3 is 35.3 Å². The summed E-state index contributed by atoms with van der Waals surface area (Å²) >= 11 is 0. The van der Waals surface area contributed by atoms with Gasteiger partial charge in [0.1, 0.15) is 9.52 Å². The van der Waals surface area contributed by atoms with E-state index in [4.69, 9.17) is 5.73 Å². The van der Waals surface area contributed by atoms with Crippen LogP contribution >= 0.6 is 0 Å². The van der Waals surface area contributed by atoms with Gasteiger partial charge in [0, 0.05) is 5.91 Å². The van der Waals surface area contributed by atoms with E-state index < -0.39 is 5.91 Å². The van der Waals surface area contributed by atoms with Crippen molar-refractivity contribution < 1.29 is 51.3 Å². The molecule has 1 amide bonds. The fourth-order valence-corrected chi connectivity index (χ4v) is 4.93. The van der Waals surface area contributed by atoms with Crippen LogP contribution in [0.4, 0.5) is 0 Å². The molecule has 0 spiro atoms. The molecule has 1 N–H and O–H groups in total. The Labute approximate surface area is 266 Å². The monoisotopic (exact) mass is 613 g/mol. The third kappa shape index (κ3) is 19.9. The summed E-state index contributed by atoms with van der Waals surface area (Å²) < 4.78 is 0. The summed E-state index contributed by atoms with van der Waals surface area (Å²) in [7, 11) is 0.777. The topological polar surface area (TPSA) is 40.9 Å². The number of nitrogens with one attached hydrogen (secondary N) is 1. The number of carbonyl (C=O) groups excluding carboxylic acids is 1. The van der Waals surface area contributed by atoms with Crippen molar-refractivity contribution in [2.45, 2.75) is 71.1 Å². The Kier molecular flexibility index (Phi) is 26.7. The number of unbranched alkanes of at least 4 members (excludes halogenated alkanes) is 8. The largest absolute Gasteiger partial charge is 4.00 e. The van der Waals surface area contributed by atoms with Gasteiger partial charge in [-0.2, -0.15) is 17.5 Å². The predicted molar refractivity (Wildman–Crippen MR) is 159 cm³/mol. The number of rotatable bonds is 12. The number of amides is 1. The zero-order valence-electron chi connectivity index (χ0n) is 23.1. The maximum atomic E-state index is 10.3. The minimum atomic E-state index is -0.409. The molecule has 206 valence electrons. The van der Waals surface area contributed by atoms with E-state index in [1.807, 2.05) is 0 Å². The van der Waals surface area contributed by atoms with Crippen LogP contribution in [0.25, 0.3) is 16.5 Å². The van der Waals surface area contributed by atoms with E-state index in [1.165, 1.54) is 66.1 Å². The zero-order chi connectivity index (χ0) is 25.7. The Morgan fingerprint density at radius 1 is 0.667 bits per heavy atom. The summed E-state index contributed by atoms with van der Waals surface area (Å²) in [5.41, 5.74) is 6.73. The molecule has 4 rings (SSSR count). The van der Waals surface area contributed by atoms with E-state index in [-0.39, 0.29) is 46.5 Å². The third-order valence-electron chi connectivity index (χ3n) is 5.89. The summed E-state index contributed by atoms with van der Waals surface area (Å²) in [5, 5.41) is 5.46. The molecule has 39 heavy (non-hydrogen) atoms. The molecular weight excluding hydrogens is 573 g/mol. The third-order valence-corrected chi connectivity index (χ3v) is 7.14. The van der Waals surface area contributed by atoms with Crippen molar-refractivity contribution in [3.8, 4) is 0 Å². The Balaban J connectivity index is 0. The average Bonchev–Trinajstić information content (AvgIpc) is 3.39. The van der Waals surface area contributed by atoms with Crippen molar-refractivity contribution in [2.75, 3.05) is 0 Å². The van der Waals surface area contributed by atoms with Crippen molar-refractivity contribution in [2.24, 2.45) is 0 Å². The molecule has 4 aromatic carbocycles. The maximum Gasteiger partial charge on any atom is 4.00 e. The molecule has 0 bridgehead atoms. The summed E-state index contributed by atoms with van der Waals surface area (Å²) in [4.78, 5) is 10.3. The minimum Gasteiger partial charge on any atom is -1.00 e. The van der Waals surface area contributed by atoms with Crippen molar-refractivity contribution in [1.82, 2.24) is 0 Å². The molecule has 2 nitrogen and oxygen atoms in total.